The molecule has 0 aliphatic heterocycles. The molecule has 1 rings (SSSR count). The van der Waals surface area contributed by atoms with E-state index in [1.54, 1.807) is 6.92 Å². The number of halogens is 3. The van der Waals surface area contributed by atoms with Gasteiger partial charge in [-0.1, -0.05) is 5.92 Å². The number of terminal acetylenes is 1. The molecule has 0 saturated heterocycles. The van der Waals surface area contributed by atoms with Crippen molar-refractivity contribution in [3.05, 3.63) is 23.8 Å². The van der Waals surface area contributed by atoms with E-state index < -0.39 is 12.0 Å². The smallest absolute Gasteiger partial charge is 0.233 e. The lowest BCUT2D eigenvalue weighted by Gasteiger charge is -2.06. The minimum absolute atomic E-state index is 0.280. The van der Waals surface area contributed by atoms with Gasteiger partial charge in [-0.05, 0) is 6.92 Å². The second-order valence-corrected chi connectivity index (χ2v) is 2.73. The van der Waals surface area contributed by atoms with Crippen molar-refractivity contribution in [3.63, 3.8) is 0 Å². The molecule has 1 atom stereocenters. The van der Waals surface area contributed by atoms with Crippen LogP contribution in [0.15, 0.2) is 12.4 Å². The Labute approximate surface area is 79.2 Å². The third-order valence-corrected chi connectivity index (χ3v) is 1.68. The molecule has 0 N–H and O–H groups in total. The lowest BCUT2D eigenvalue weighted by atomic mass is 10.1. The molecule has 0 fully saturated rings. The van der Waals surface area contributed by atoms with E-state index in [9.17, 15) is 13.2 Å². The van der Waals surface area contributed by atoms with Crippen molar-refractivity contribution in [2.75, 3.05) is 0 Å². The molecule has 74 valence electrons. The molecule has 0 bridgehead atoms. The lowest BCUT2D eigenvalue weighted by molar-refractivity contribution is -0.145. The third-order valence-electron chi connectivity index (χ3n) is 1.68. The first kappa shape index (κ1) is 10.5. The van der Waals surface area contributed by atoms with E-state index in [1.807, 2.05) is 0 Å². The van der Waals surface area contributed by atoms with Crippen molar-refractivity contribution in [1.82, 2.24) is 9.97 Å². The highest BCUT2D eigenvalue weighted by atomic mass is 19.4. The van der Waals surface area contributed by atoms with Crippen LogP contribution in [-0.4, -0.2) is 9.97 Å². The average molecular weight is 200 g/mol. The van der Waals surface area contributed by atoms with Crippen molar-refractivity contribution >= 4 is 0 Å². The van der Waals surface area contributed by atoms with E-state index in [2.05, 4.69) is 15.9 Å². The number of hydrogen-bond acceptors (Lipinski definition) is 2. The summed E-state index contributed by atoms with van der Waals surface area (Å²) in [5, 5.41) is 0. The maximum Gasteiger partial charge on any atom is 0.451 e. The summed E-state index contributed by atoms with van der Waals surface area (Å²) in [5.74, 6) is 0.950. The number of alkyl halides is 3. The number of rotatable bonds is 1. The second kappa shape index (κ2) is 3.66. The van der Waals surface area contributed by atoms with Gasteiger partial charge in [0.1, 0.15) is 0 Å². The van der Waals surface area contributed by atoms with Crippen LogP contribution in [-0.2, 0) is 6.18 Å². The molecule has 1 aromatic heterocycles. The Hall–Kier alpha value is -1.57. The van der Waals surface area contributed by atoms with Gasteiger partial charge in [0, 0.05) is 23.9 Å². The van der Waals surface area contributed by atoms with E-state index in [0.717, 1.165) is 12.4 Å². The molecule has 0 radical (unpaired) electrons. The summed E-state index contributed by atoms with van der Waals surface area (Å²) in [6, 6.07) is 0. The minimum atomic E-state index is -4.50. The highest BCUT2D eigenvalue weighted by molar-refractivity contribution is 5.20. The van der Waals surface area contributed by atoms with Gasteiger partial charge in [-0.3, -0.25) is 0 Å². The standard InChI is InChI=1S/C9H7F3N2/c1-3-6(2)7-4-13-8(14-5-7)9(10,11)12/h1,4-6H,2H3. The molecule has 5 heteroatoms. The summed E-state index contributed by atoms with van der Waals surface area (Å²) in [6.45, 7) is 1.69. The largest absolute Gasteiger partial charge is 0.451 e. The van der Waals surface area contributed by atoms with Crippen LogP contribution < -0.4 is 0 Å². The maximum atomic E-state index is 12.0. The number of nitrogens with zero attached hydrogens (tertiary/aromatic N) is 2. The van der Waals surface area contributed by atoms with Gasteiger partial charge in [-0.2, -0.15) is 13.2 Å². The topological polar surface area (TPSA) is 25.8 Å². The molecule has 0 aliphatic carbocycles. The van der Waals surface area contributed by atoms with Gasteiger partial charge in [-0.15, -0.1) is 6.42 Å². The van der Waals surface area contributed by atoms with E-state index >= 15 is 0 Å². The first-order chi connectivity index (χ1) is 6.45. The first-order valence-corrected chi connectivity index (χ1v) is 3.80. The van der Waals surface area contributed by atoms with Crippen LogP contribution in [0.25, 0.3) is 0 Å². The normalized spacial score (nSPS) is 13.4. The van der Waals surface area contributed by atoms with Crippen molar-refractivity contribution in [3.8, 4) is 12.3 Å². The van der Waals surface area contributed by atoms with Gasteiger partial charge < -0.3 is 0 Å². The number of aromatic nitrogens is 2. The van der Waals surface area contributed by atoms with Crippen molar-refractivity contribution < 1.29 is 13.2 Å². The SMILES string of the molecule is C#CC(C)c1cnc(C(F)(F)F)nc1. The average Bonchev–Trinajstić information content (AvgIpc) is 2.15. The minimum Gasteiger partial charge on any atom is -0.233 e. The molecule has 0 aromatic carbocycles. The van der Waals surface area contributed by atoms with E-state index in [0.29, 0.717) is 5.56 Å². The predicted molar refractivity (Wildman–Crippen MR) is 44.3 cm³/mol. The molecule has 1 heterocycles. The summed E-state index contributed by atoms with van der Waals surface area (Å²) in [5.41, 5.74) is 0.500. The number of hydrogen-bond donors (Lipinski definition) is 0. The molecule has 0 saturated carbocycles. The fraction of sp³-hybridized carbons (Fsp3) is 0.333. The lowest BCUT2D eigenvalue weighted by Crippen LogP contribution is -2.11. The Morgan fingerprint density at radius 3 is 2.21 bits per heavy atom. The monoisotopic (exact) mass is 200 g/mol. The van der Waals surface area contributed by atoms with Crippen LogP contribution in [0.1, 0.15) is 24.2 Å². The molecule has 14 heavy (non-hydrogen) atoms. The molecule has 2 nitrogen and oxygen atoms in total. The third kappa shape index (κ3) is 2.22. The molecule has 1 aromatic rings. The molecule has 0 spiro atoms. The summed E-state index contributed by atoms with van der Waals surface area (Å²) in [7, 11) is 0. The van der Waals surface area contributed by atoms with Crippen molar-refractivity contribution in [1.29, 1.82) is 0 Å². The Morgan fingerprint density at radius 1 is 1.36 bits per heavy atom. The van der Waals surface area contributed by atoms with E-state index in [-0.39, 0.29) is 5.92 Å². The van der Waals surface area contributed by atoms with Gasteiger partial charge in [0.05, 0.1) is 0 Å². The Bertz CT molecular complexity index is 348. The second-order valence-electron chi connectivity index (χ2n) is 2.73. The zero-order valence-electron chi connectivity index (χ0n) is 7.34. The van der Waals surface area contributed by atoms with Crippen molar-refractivity contribution in [2.45, 2.75) is 19.0 Å². The Balaban J connectivity index is 2.96. The van der Waals surface area contributed by atoms with Gasteiger partial charge in [0.2, 0.25) is 5.82 Å². The van der Waals surface area contributed by atoms with Crippen LogP contribution in [0.3, 0.4) is 0 Å². The summed E-state index contributed by atoms with van der Waals surface area (Å²) >= 11 is 0. The van der Waals surface area contributed by atoms with Crippen molar-refractivity contribution in [2.24, 2.45) is 0 Å². The maximum absolute atomic E-state index is 12.0. The van der Waals surface area contributed by atoms with Crippen LogP contribution in [0.4, 0.5) is 13.2 Å². The molecular weight excluding hydrogens is 193 g/mol. The summed E-state index contributed by atoms with van der Waals surface area (Å²) < 4.78 is 36.1. The summed E-state index contributed by atoms with van der Waals surface area (Å²) in [6.07, 6.45) is 2.79. The molecule has 1 unspecified atom stereocenters. The predicted octanol–water partition coefficient (Wildman–Crippen LogP) is 2.23. The van der Waals surface area contributed by atoms with Gasteiger partial charge in [0.15, 0.2) is 0 Å². The zero-order chi connectivity index (χ0) is 10.8. The quantitative estimate of drug-likeness (QED) is 0.649. The Morgan fingerprint density at radius 2 is 1.86 bits per heavy atom. The fourth-order valence-electron chi connectivity index (χ4n) is 0.804. The Kier molecular flexibility index (Phi) is 2.75. The van der Waals surface area contributed by atoms with Crippen LogP contribution in [0.5, 0.6) is 0 Å². The van der Waals surface area contributed by atoms with Crippen LogP contribution in [0, 0.1) is 12.3 Å². The zero-order valence-corrected chi connectivity index (χ0v) is 7.34. The van der Waals surface area contributed by atoms with E-state index in [4.69, 9.17) is 6.42 Å². The van der Waals surface area contributed by atoms with Gasteiger partial charge in [-0.25, -0.2) is 9.97 Å². The molecular formula is C9H7F3N2. The fourth-order valence-corrected chi connectivity index (χ4v) is 0.804. The summed E-state index contributed by atoms with van der Waals surface area (Å²) in [4.78, 5) is 6.37. The highest BCUT2D eigenvalue weighted by Gasteiger charge is 2.34. The van der Waals surface area contributed by atoms with Gasteiger partial charge >= 0.3 is 6.18 Å². The molecule has 0 amide bonds. The van der Waals surface area contributed by atoms with Crippen LogP contribution >= 0.6 is 0 Å². The first-order valence-electron chi connectivity index (χ1n) is 3.80. The highest BCUT2D eigenvalue weighted by Crippen LogP contribution is 2.25. The van der Waals surface area contributed by atoms with Crippen LogP contribution in [0.2, 0.25) is 0 Å². The van der Waals surface area contributed by atoms with E-state index in [1.165, 1.54) is 0 Å². The molecule has 0 aliphatic rings. The van der Waals surface area contributed by atoms with Gasteiger partial charge in [0.25, 0.3) is 0 Å².